The first kappa shape index (κ1) is 21.8. The Hall–Kier alpha value is -1.52. The van der Waals surface area contributed by atoms with Gasteiger partial charge in [-0.3, -0.25) is 9.78 Å². The molecule has 0 unspecified atom stereocenters. The van der Waals surface area contributed by atoms with Crippen molar-refractivity contribution in [2.75, 3.05) is 0 Å². The molecule has 0 aliphatic heterocycles. The third-order valence-corrected chi connectivity index (χ3v) is 5.09. The van der Waals surface area contributed by atoms with Crippen molar-refractivity contribution >= 4 is 33.5 Å². The first-order valence-corrected chi connectivity index (χ1v) is 10.0. The molecule has 0 N–H and O–H groups in total. The zero-order valence-corrected chi connectivity index (χ0v) is 19.0. The van der Waals surface area contributed by atoms with E-state index in [1.807, 2.05) is 6.07 Å². The maximum Gasteiger partial charge on any atom is 0.359 e. The lowest BCUT2D eigenvalue weighted by molar-refractivity contribution is -0.213. The van der Waals surface area contributed by atoms with E-state index in [2.05, 4.69) is 69.6 Å². The average molecular weight is 454 g/mol. The highest BCUT2D eigenvalue weighted by Crippen LogP contribution is 2.32. The molecule has 0 heterocycles. The van der Waals surface area contributed by atoms with Crippen LogP contribution >= 0.6 is 27.5 Å². The van der Waals surface area contributed by atoms with Gasteiger partial charge in [0, 0.05) is 5.02 Å². The Morgan fingerprint density at radius 3 is 2.22 bits per heavy atom. The molecule has 0 spiro atoms. The highest BCUT2D eigenvalue weighted by atomic mass is 79.9. The number of hydrogen-bond donors (Lipinski definition) is 0. The zero-order chi connectivity index (χ0) is 20.4. The molecular formula is C22H26BrClO3. The van der Waals surface area contributed by atoms with Gasteiger partial charge in [0.1, 0.15) is 0 Å². The first-order valence-electron chi connectivity index (χ1n) is 8.84. The van der Waals surface area contributed by atoms with Crippen LogP contribution in [0.25, 0.3) is 0 Å². The van der Waals surface area contributed by atoms with Crippen molar-refractivity contribution in [3.05, 3.63) is 62.6 Å². The van der Waals surface area contributed by atoms with Crippen LogP contribution in [0, 0.1) is 0 Å². The highest BCUT2D eigenvalue weighted by Gasteiger charge is 2.23. The van der Waals surface area contributed by atoms with Crippen LogP contribution < -0.4 is 4.89 Å². The standard InChI is InChI=1S/C22H26BrClO3/c1-21(2,3)15-8-7-14(17(12-15)22(4,5)6)11-20(25)27-26-19-10-9-16(24)13-18(19)23/h7-10,12-13H,11H2,1-6H3. The number of hydrogen-bond acceptors (Lipinski definition) is 3. The van der Waals surface area contributed by atoms with E-state index in [0.717, 1.165) is 11.1 Å². The smallest absolute Gasteiger partial charge is 0.286 e. The minimum Gasteiger partial charge on any atom is -0.286 e. The van der Waals surface area contributed by atoms with Crippen LogP contribution in [-0.4, -0.2) is 5.97 Å². The Balaban J connectivity index is 2.17. The van der Waals surface area contributed by atoms with Crippen molar-refractivity contribution in [3.63, 3.8) is 0 Å². The second-order valence-electron chi connectivity index (χ2n) is 8.66. The van der Waals surface area contributed by atoms with Crippen LogP contribution in [0.1, 0.15) is 58.2 Å². The van der Waals surface area contributed by atoms with Gasteiger partial charge in [-0.15, -0.1) is 0 Å². The lowest BCUT2D eigenvalue weighted by atomic mass is 9.78. The van der Waals surface area contributed by atoms with Crippen molar-refractivity contribution in [1.29, 1.82) is 0 Å². The Labute approximate surface area is 175 Å². The molecule has 0 amide bonds. The van der Waals surface area contributed by atoms with Crippen molar-refractivity contribution in [1.82, 2.24) is 0 Å². The summed E-state index contributed by atoms with van der Waals surface area (Å²) < 4.78 is 0.618. The number of rotatable bonds is 4. The van der Waals surface area contributed by atoms with Gasteiger partial charge in [-0.05, 0) is 61.6 Å². The molecule has 27 heavy (non-hydrogen) atoms. The molecule has 2 aromatic carbocycles. The largest absolute Gasteiger partial charge is 0.359 e. The average Bonchev–Trinajstić information content (AvgIpc) is 2.52. The van der Waals surface area contributed by atoms with Gasteiger partial charge in [0.15, 0.2) is 5.75 Å². The molecule has 0 atom stereocenters. The third kappa shape index (κ3) is 5.98. The molecule has 2 rings (SSSR count). The normalized spacial score (nSPS) is 12.0. The number of carbonyl (C=O) groups is 1. The lowest BCUT2D eigenvalue weighted by Gasteiger charge is -2.27. The molecule has 0 aliphatic carbocycles. The summed E-state index contributed by atoms with van der Waals surface area (Å²) in [6.45, 7) is 13.0. The van der Waals surface area contributed by atoms with Gasteiger partial charge in [0.2, 0.25) is 0 Å². The predicted octanol–water partition coefficient (Wildman–Crippen LogP) is 6.78. The summed E-state index contributed by atoms with van der Waals surface area (Å²) in [5.41, 5.74) is 3.28. The highest BCUT2D eigenvalue weighted by molar-refractivity contribution is 9.10. The predicted molar refractivity (Wildman–Crippen MR) is 113 cm³/mol. The fraction of sp³-hybridized carbons (Fsp3) is 0.409. The maximum atomic E-state index is 12.3. The van der Waals surface area contributed by atoms with Crippen molar-refractivity contribution < 1.29 is 14.6 Å². The van der Waals surface area contributed by atoms with Crippen LogP contribution in [0.3, 0.4) is 0 Å². The van der Waals surface area contributed by atoms with Crippen LogP contribution in [0.2, 0.25) is 5.02 Å². The van der Waals surface area contributed by atoms with E-state index >= 15 is 0 Å². The Morgan fingerprint density at radius 1 is 1.00 bits per heavy atom. The summed E-state index contributed by atoms with van der Waals surface area (Å²) in [5, 5.41) is 0.564. The minimum atomic E-state index is -0.453. The topological polar surface area (TPSA) is 35.5 Å². The molecule has 0 aliphatic rings. The van der Waals surface area contributed by atoms with Gasteiger partial charge in [-0.2, -0.15) is 0 Å². The quantitative estimate of drug-likeness (QED) is 0.378. The summed E-state index contributed by atoms with van der Waals surface area (Å²) in [6.07, 6.45) is 0.141. The van der Waals surface area contributed by atoms with Crippen LogP contribution in [0.5, 0.6) is 5.75 Å². The lowest BCUT2D eigenvalue weighted by Crippen LogP contribution is -2.20. The van der Waals surface area contributed by atoms with Crippen molar-refractivity contribution in [2.24, 2.45) is 0 Å². The van der Waals surface area contributed by atoms with E-state index in [1.165, 1.54) is 5.56 Å². The minimum absolute atomic E-state index is 0.0447. The fourth-order valence-electron chi connectivity index (χ4n) is 2.71. The summed E-state index contributed by atoms with van der Waals surface area (Å²) in [5.74, 6) is -0.0577. The molecule has 0 saturated carbocycles. The molecule has 146 valence electrons. The van der Waals surface area contributed by atoms with Gasteiger partial charge in [0.25, 0.3) is 0 Å². The molecule has 0 bridgehead atoms. The van der Waals surface area contributed by atoms with E-state index in [9.17, 15) is 4.79 Å². The van der Waals surface area contributed by atoms with Gasteiger partial charge in [-0.25, -0.2) is 4.79 Å². The summed E-state index contributed by atoms with van der Waals surface area (Å²) in [4.78, 5) is 22.5. The molecule has 3 nitrogen and oxygen atoms in total. The molecule has 5 heteroatoms. The molecule has 2 aromatic rings. The molecular weight excluding hydrogens is 428 g/mol. The van der Waals surface area contributed by atoms with Crippen molar-refractivity contribution in [3.8, 4) is 5.75 Å². The Kier molecular flexibility index (Phi) is 6.64. The van der Waals surface area contributed by atoms with E-state index in [1.54, 1.807) is 18.2 Å². The Bertz CT molecular complexity index is 832. The molecule has 0 aromatic heterocycles. The first-order chi connectivity index (χ1) is 12.4. The molecule has 0 saturated heterocycles. The van der Waals surface area contributed by atoms with Gasteiger partial charge >= 0.3 is 5.97 Å². The number of carbonyl (C=O) groups excluding carboxylic acids is 1. The fourth-order valence-corrected chi connectivity index (χ4v) is 3.46. The molecule has 0 radical (unpaired) electrons. The SMILES string of the molecule is CC(C)(C)c1ccc(CC(=O)OOc2ccc(Cl)cc2Br)c(C(C)(C)C)c1. The summed E-state index contributed by atoms with van der Waals surface area (Å²) in [6, 6.07) is 11.3. The van der Waals surface area contributed by atoms with Gasteiger partial charge in [0.05, 0.1) is 10.9 Å². The number of halogens is 2. The van der Waals surface area contributed by atoms with Gasteiger partial charge in [-0.1, -0.05) is 71.3 Å². The third-order valence-electron chi connectivity index (χ3n) is 4.24. The van der Waals surface area contributed by atoms with Crippen LogP contribution in [0.15, 0.2) is 40.9 Å². The van der Waals surface area contributed by atoms with E-state index in [4.69, 9.17) is 21.4 Å². The van der Waals surface area contributed by atoms with Crippen molar-refractivity contribution in [2.45, 2.75) is 58.8 Å². The second kappa shape index (κ2) is 8.24. The Morgan fingerprint density at radius 2 is 1.67 bits per heavy atom. The van der Waals surface area contributed by atoms with E-state index in [0.29, 0.717) is 15.2 Å². The van der Waals surface area contributed by atoms with Crippen LogP contribution in [-0.2, 0) is 26.9 Å². The zero-order valence-electron chi connectivity index (χ0n) is 16.7. The van der Waals surface area contributed by atoms with E-state index in [-0.39, 0.29) is 17.3 Å². The molecule has 0 fully saturated rings. The van der Waals surface area contributed by atoms with Gasteiger partial charge < -0.3 is 0 Å². The second-order valence-corrected chi connectivity index (χ2v) is 9.95. The summed E-state index contributed by atoms with van der Waals surface area (Å²) >= 11 is 9.23. The van der Waals surface area contributed by atoms with E-state index < -0.39 is 5.97 Å². The number of benzene rings is 2. The maximum absolute atomic E-state index is 12.3. The summed E-state index contributed by atoms with van der Waals surface area (Å²) in [7, 11) is 0. The monoisotopic (exact) mass is 452 g/mol. The van der Waals surface area contributed by atoms with Crippen LogP contribution in [0.4, 0.5) is 0 Å².